The molecule has 0 spiro atoms. The Morgan fingerprint density at radius 3 is 2.56 bits per heavy atom. The molecule has 2 amide bonds. The first kappa shape index (κ1) is 25.3. The number of carbonyl (C=O) groups excluding carboxylic acids is 2. The molecule has 39 heavy (non-hydrogen) atoms. The summed E-state index contributed by atoms with van der Waals surface area (Å²) < 4.78 is 2.18. The van der Waals surface area contributed by atoms with Crippen molar-refractivity contribution in [2.24, 2.45) is 17.4 Å². The highest BCUT2D eigenvalue weighted by Gasteiger charge is 2.36. The molecule has 2 aromatic rings. The van der Waals surface area contributed by atoms with Crippen LogP contribution in [0.4, 0.5) is 11.4 Å². The monoisotopic (exact) mass is 531 g/mol. The highest BCUT2D eigenvalue weighted by atomic mass is 16.2. The third-order valence-electron chi connectivity index (χ3n) is 8.02. The molecule has 1 unspecified atom stereocenters. The molecule has 0 radical (unpaired) electrons. The van der Waals surface area contributed by atoms with Gasteiger partial charge in [0, 0.05) is 49.3 Å². The molecule has 1 aromatic carbocycles. The number of aromatic nitrogens is 2. The number of hydrogen-bond acceptors (Lipinski definition) is 8. The van der Waals surface area contributed by atoms with Crippen LogP contribution in [0.15, 0.2) is 47.7 Å². The van der Waals surface area contributed by atoms with Crippen molar-refractivity contribution in [3.05, 3.63) is 53.4 Å². The maximum Gasteiger partial charge on any atom is 0.269 e. The number of amides is 2. The van der Waals surface area contributed by atoms with Crippen molar-refractivity contribution < 1.29 is 9.59 Å². The van der Waals surface area contributed by atoms with E-state index in [4.69, 9.17) is 16.6 Å². The van der Waals surface area contributed by atoms with Crippen molar-refractivity contribution >= 4 is 23.2 Å². The first-order chi connectivity index (χ1) is 18.9. The maximum absolute atomic E-state index is 12.9. The summed E-state index contributed by atoms with van der Waals surface area (Å²) >= 11 is 0. The maximum atomic E-state index is 12.9. The molecule has 11 nitrogen and oxygen atoms in total. The van der Waals surface area contributed by atoms with Gasteiger partial charge in [-0.25, -0.2) is 0 Å². The van der Waals surface area contributed by atoms with Gasteiger partial charge in [-0.3, -0.25) is 14.3 Å². The molecule has 2 aliphatic heterocycles. The van der Waals surface area contributed by atoms with Crippen LogP contribution < -0.4 is 37.6 Å². The summed E-state index contributed by atoms with van der Waals surface area (Å²) in [6.45, 7) is 4.02. The van der Waals surface area contributed by atoms with Gasteiger partial charge in [-0.15, -0.1) is 0 Å². The lowest BCUT2D eigenvalue weighted by Crippen LogP contribution is -2.45. The molecule has 206 valence electrons. The number of fused-ring (bicyclic) bond motifs is 3. The summed E-state index contributed by atoms with van der Waals surface area (Å²) in [5, 5.41) is 17.2. The highest BCUT2D eigenvalue weighted by molar-refractivity contribution is 5.96. The molecule has 8 N–H and O–H groups in total. The topological polar surface area (TPSA) is 155 Å². The van der Waals surface area contributed by atoms with Gasteiger partial charge in [0.2, 0.25) is 5.91 Å². The molecule has 1 aromatic heterocycles. The summed E-state index contributed by atoms with van der Waals surface area (Å²) in [6, 6.07) is 6.67. The van der Waals surface area contributed by atoms with Gasteiger partial charge in [0.15, 0.2) is 0 Å². The second kappa shape index (κ2) is 9.96. The summed E-state index contributed by atoms with van der Waals surface area (Å²) in [6.07, 6.45) is 8.02. The lowest BCUT2D eigenvalue weighted by molar-refractivity contribution is -0.121. The number of nitrogens with one attached hydrogen (secondary N) is 4. The van der Waals surface area contributed by atoms with Crippen LogP contribution >= 0.6 is 0 Å². The summed E-state index contributed by atoms with van der Waals surface area (Å²) in [4.78, 5) is 27.5. The Morgan fingerprint density at radius 1 is 1.15 bits per heavy atom. The van der Waals surface area contributed by atoms with Gasteiger partial charge in [-0.1, -0.05) is 19.1 Å². The quantitative estimate of drug-likeness (QED) is 0.211. The third-order valence-corrected chi connectivity index (χ3v) is 8.02. The molecular formula is C28H37N9O2. The number of anilines is 2. The Bertz CT molecular complexity index is 1370. The molecule has 0 bridgehead atoms. The standard InChI is InChI=1S/C28H37N9O2/c1-3-22-26-19(14-32-37(26)17-12-31-13-17)18-5-4-6-20(25(18)36(22)2)34-21(24(30)28(39)33-16-9-10-16)11-23(29)35-27(38)15-7-8-15/h4-6,11,14-17,22,31,34H,3,7-10,12-13,29-30H2,1-2H3,(H,33,39)(H,35,38)/b23-11+,24-21+. The molecular weight excluding hydrogens is 494 g/mol. The predicted molar refractivity (Wildman–Crippen MR) is 150 cm³/mol. The summed E-state index contributed by atoms with van der Waals surface area (Å²) in [5.74, 6) is -0.337. The molecule has 3 heterocycles. The number of hydrogen-bond donors (Lipinski definition) is 6. The first-order valence-corrected chi connectivity index (χ1v) is 13.9. The average Bonchev–Trinajstić information content (AvgIpc) is 3.81. The third kappa shape index (κ3) is 4.82. The Kier molecular flexibility index (Phi) is 6.46. The number of allylic oxidation sites excluding steroid dienone is 1. The van der Waals surface area contributed by atoms with E-state index in [2.05, 4.69) is 50.9 Å². The van der Waals surface area contributed by atoms with E-state index in [0.717, 1.165) is 67.7 Å². The van der Waals surface area contributed by atoms with Crippen LogP contribution in [-0.4, -0.2) is 47.8 Å². The van der Waals surface area contributed by atoms with E-state index >= 15 is 0 Å². The molecule has 6 rings (SSSR count). The molecule has 3 fully saturated rings. The number of rotatable bonds is 9. The summed E-state index contributed by atoms with van der Waals surface area (Å²) in [7, 11) is 2.09. The van der Waals surface area contributed by atoms with E-state index < -0.39 is 0 Å². The number of carbonyl (C=O) groups is 2. The zero-order chi connectivity index (χ0) is 27.3. The van der Waals surface area contributed by atoms with Crippen LogP contribution in [0.1, 0.15) is 56.8 Å². The fraction of sp³-hybridized carbons (Fsp3) is 0.464. The van der Waals surface area contributed by atoms with Gasteiger partial charge in [-0.2, -0.15) is 5.10 Å². The fourth-order valence-electron chi connectivity index (χ4n) is 5.42. The number of para-hydroxylation sites is 1. The lowest BCUT2D eigenvalue weighted by atomic mass is 9.91. The van der Waals surface area contributed by atoms with Crippen molar-refractivity contribution in [1.29, 1.82) is 0 Å². The minimum Gasteiger partial charge on any atom is -0.393 e. The highest BCUT2D eigenvalue weighted by Crippen LogP contribution is 2.49. The van der Waals surface area contributed by atoms with Crippen molar-refractivity contribution in [2.45, 2.75) is 57.2 Å². The smallest absolute Gasteiger partial charge is 0.269 e. The van der Waals surface area contributed by atoms with Gasteiger partial charge in [-0.05, 0) is 38.2 Å². The molecule has 1 atom stereocenters. The normalized spacial score (nSPS) is 21.3. The van der Waals surface area contributed by atoms with Crippen molar-refractivity contribution in [2.75, 3.05) is 30.4 Å². The van der Waals surface area contributed by atoms with E-state index in [0.29, 0.717) is 11.7 Å². The van der Waals surface area contributed by atoms with E-state index in [1.54, 1.807) is 0 Å². The molecule has 2 aliphatic carbocycles. The fourth-order valence-corrected chi connectivity index (χ4v) is 5.42. The van der Waals surface area contributed by atoms with Gasteiger partial charge in [0.1, 0.15) is 11.5 Å². The second-order valence-corrected chi connectivity index (χ2v) is 11.0. The van der Waals surface area contributed by atoms with Crippen LogP contribution in [0.25, 0.3) is 11.1 Å². The van der Waals surface area contributed by atoms with Crippen LogP contribution in [0.2, 0.25) is 0 Å². The number of benzene rings is 1. The Balaban J connectivity index is 1.38. The van der Waals surface area contributed by atoms with Crippen molar-refractivity contribution in [3.63, 3.8) is 0 Å². The van der Waals surface area contributed by atoms with Crippen LogP contribution in [0.3, 0.4) is 0 Å². The molecule has 4 aliphatic rings. The summed E-state index contributed by atoms with van der Waals surface area (Å²) in [5.41, 5.74) is 18.1. The van der Waals surface area contributed by atoms with Gasteiger partial charge in [0.25, 0.3) is 5.91 Å². The number of nitrogens with zero attached hydrogens (tertiary/aromatic N) is 3. The minimum absolute atomic E-state index is 0.000510. The largest absolute Gasteiger partial charge is 0.393 e. The zero-order valence-electron chi connectivity index (χ0n) is 22.5. The van der Waals surface area contributed by atoms with Crippen LogP contribution in [-0.2, 0) is 9.59 Å². The average molecular weight is 532 g/mol. The lowest BCUT2D eigenvalue weighted by Gasteiger charge is -2.39. The van der Waals surface area contributed by atoms with Crippen LogP contribution in [0, 0.1) is 5.92 Å². The van der Waals surface area contributed by atoms with Gasteiger partial charge < -0.3 is 37.6 Å². The van der Waals surface area contributed by atoms with Crippen LogP contribution in [0.5, 0.6) is 0 Å². The van der Waals surface area contributed by atoms with E-state index in [1.807, 2.05) is 18.3 Å². The first-order valence-electron chi connectivity index (χ1n) is 13.9. The number of nitrogens with two attached hydrogens (primary N) is 2. The Labute approximate surface area is 228 Å². The van der Waals surface area contributed by atoms with E-state index in [9.17, 15) is 9.59 Å². The van der Waals surface area contributed by atoms with Crippen molar-refractivity contribution in [1.82, 2.24) is 25.7 Å². The van der Waals surface area contributed by atoms with E-state index in [-0.39, 0.29) is 41.3 Å². The predicted octanol–water partition coefficient (Wildman–Crippen LogP) is 1.78. The van der Waals surface area contributed by atoms with Gasteiger partial charge in [0.05, 0.1) is 41.0 Å². The Morgan fingerprint density at radius 2 is 1.92 bits per heavy atom. The Hall–Kier alpha value is -3.99. The second-order valence-electron chi connectivity index (χ2n) is 11.0. The molecule has 2 saturated carbocycles. The molecule has 11 heteroatoms. The zero-order valence-corrected chi connectivity index (χ0v) is 22.5. The minimum atomic E-state index is -0.361. The van der Waals surface area contributed by atoms with E-state index in [1.165, 1.54) is 11.8 Å². The SMILES string of the molecule is CCC1c2c(cnn2C2CNC2)-c2cccc(NC(/C=C(\N)NC(=O)C3CC3)=C(/N)C(=O)NC3CC3)c2N1C. The van der Waals surface area contributed by atoms with Crippen molar-refractivity contribution in [3.8, 4) is 11.1 Å². The molecule has 1 saturated heterocycles. The van der Waals surface area contributed by atoms with Gasteiger partial charge >= 0.3 is 0 Å².